The first-order chi connectivity index (χ1) is 21.8. The number of quaternary nitrogens is 1. The van der Waals surface area contributed by atoms with Crippen molar-refractivity contribution in [3.05, 3.63) is 52.6 Å². The molecule has 6 atom stereocenters. The highest BCUT2D eigenvalue weighted by molar-refractivity contribution is 5.94. The Morgan fingerprint density at radius 3 is 2.57 bits per heavy atom. The molecule has 2 aromatic rings. The molecule has 2 aromatic carbocycles. The van der Waals surface area contributed by atoms with Gasteiger partial charge in [0.05, 0.1) is 42.7 Å². The lowest BCUT2D eigenvalue weighted by atomic mass is 9.50. The van der Waals surface area contributed by atoms with Gasteiger partial charge in [-0.2, -0.15) is 13.2 Å². The number of rotatable bonds is 6. The minimum Gasteiger partial charge on any atom is -0.504 e. The summed E-state index contributed by atoms with van der Waals surface area (Å²) < 4.78 is 52.3. The zero-order valence-corrected chi connectivity index (χ0v) is 26.4. The van der Waals surface area contributed by atoms with Gasteiger partial charge in [-0.1, -0.05) is 19.8 Å². The number of carbonyl (C=O) groups is 2. The van der Waals surface area contributed by atoms with E-state index in [0.717, 1.165) is 72.6 Å². The smallest absolute Gasteiger partial charge is 0.416 e. The monoisotopic (exact) mass is 637 g/mol. The fraction of sp³-hybridized carbons (Fsp3) is 0.556. The molecular weight excluding hydrogens is 597 g/mol. The van der Waals surface area contributed by atoms with E-state index in [1.807, 2.05) is 0 Å². The molecule has 3 fully saturated rings. The zero-order chi connectivity index (χ0) is 32.6. The van der Waals surface area contributed by atoms with Crippen molar-refractivity contribution >= 4 is 11.9 Å². The van der Waals surface area contributed by atoms with Crippen LogP contribution in [-0.2, 0) is 27.6 Å². The molecule has 2 heterocycles. The molecule has 244 valence electrons. The molecule has 10 heteroatoms. The number of nitrogens with zero attached hydrogens (tertiary/aromatic N) is 1. The van der Waals surface area contributed by atoms with E-state index in [4.69, 9.17) is 9.47 Å². The second-order valence-electron chi connectivity index (χ2n) is 14.5. The highest BCUT2D eigenvalue weighted by Crippen LogP contribution is 2.66. The Bertz CT molecular complexity index is 1630. The zero-order valence-electron chi connectivity index (χ0n) is 26.4. The molecule has 1 spiro atoms. The molecule has 0 radical (unpaired) electrons. The van der Waals surface area contributed by atoms with Crippen LogP contribution in [-0.4, -0.2) is 59.3 Å². The third-order valence-corrected chi connectivity index (χ3v) is 11.1. The average molecular weight is 638 g/mol. The second kappa shape index (κ2) is 10.9. The van der Waals surface area contributed by atoms with Gasteiger partial charge in [0.2, 0.25) is 0 Å². The van der Waals surface area contributed by atoms with Gasteiger partial charge in [0.1, 0.15) is 11.9 Å². The van der Waals surface area contributed by atoms with Crippen LogP contribution in [0, 0.1) is 29.6 Å². The summed E-state index contributed by atoms with van der Waals surface area (Å²) >= 11 is 0. The SMILES string of the molecule is CC(=O)Oc1cc(O)c2c3c1C[C@@H]1[C@@H]4CC[C@H](NC(=O)C#Cc5ccc(C(F)(F)F)cc5)[C@H](O2)[C@]34CC[N+]1(CC(C)C)CC1CC1. The van der Waals surface area contributed by atoms with Gasteiger partial charge in [0.15, 0.2) is 11.5 Å². The summed E-state index contributed by atoms with van der Waals surface area (Å²) in [6.07, 6.45) is 0.738. The lowest BCUT2D eigenvalue weighted by molar-refractivity contribution is -0.966. The molecule has 2 saturated carbocycles. The molecular formula is C36H40F3N2O5+. The van der Waals surface area contributed by atoms with E-state index < -0.39 is 41.2 Å². The topological polar surface area (TPSA) is 84.9 Å². The maximum Gasteiger partial charge on any atom is 0.416 e. The molecule has 46 heavy (non-hydrogen) atoms. The van der Waals surface area contributed by atoms with E-state index in [2.05, 4.69) is 31.0 Å². The van der Waals surface area contributed by atoms with Gasteiger partial charge in [-0.05, 0) is 49.9 Å². The maximum absolute atomic E-state index is 13.2. The van der Waals surface area contributed by atoms with Crippen molar-refractivity contribution in [2.45, 2.75) is 89.1 Å². The third-order valence-electron chi connectivity index (χ3n) is 11.1. The number of phenols is 1. The van der Waals surface area contributed by atoms with Crippen LogP contribution in [0.5, 0.6) is 17.2 Å². The number of benzene rings is 2. The van der Waals surface area contributed by atoms with Crippen LogP contribution in [0.15, 0.2) is 30.3 Å². The minimum atomic E-state index is -4.45. The Hall–Kier alpha value is -3.71. The predicted molar refractivity (Wildman–Crippen MR) is 163 cm³/mol. The molecule has 2 bridgehead atoms. The van der Waals surface area contributed by atoms with Gasteiger partial charge >= 0.3 is 12.1 Å². The predicted octanol–water partition coefficient (Wildman–Crippen LogP) is 5.49. The fourth-order valence-electron chi connectivity index (χ4n) is 9.49. The molecule has 1 saturated heterocycles. The van der Waals surface area contributed by atoms with Gasteiger partial charge in [0, 0.05) is 66.2 Å². The van der Waals surface area contributed by atoms with Crippen molar-refractivity contribution in [1.82, 2.24) is 5.32 Å². The normalized spacial score (nSPS) is 30.5. The number of alkyl halides is 3. The number of halogens is 3. The van der Waals surface area contributed by atoms with E-state index in [1.54, 1.807) is 0 Å². The maximum atomic E-state index is 13.2. The Labute approximate surface area is 267 Å². The van der Waals surface area contributed by atoms with Gasteiger partial charge in [-0.15, -0.1) is 0 Å². The Morgan fingerprint density at radius 2 is 1.91 bits per heavy atom. The first-order valence-corrected chi connectivity index (χ1v) is 16.4. The average Bonchev–Trinajstić information content (AvgIpc) is 3.72. The standard InChI is InChI=1S/C36H39F3N2O5/c1-20(2)18-41(19-23-4-5-23)15-14-35-26-11-12-27(40-31(44)13-8-22-6-9-24(10-7-22)36(37,38)39)34(35)46-33-29(43)17-30(45-21(3)42)25(32(33)35)16-28(26)41/h6-7,9-10,17,20,23,26-28,34H,4-5,11-12,14-16,18-19H2,1-3H3,(H-,40,43,44)/p+1/t26-,27-,28+,34-,35-,41?/m0/s1. The van der Waals surface area contributed by atoms with Gasteiger partial charge in [-0.25, -0.2) is 0 Å². The Morgan fingerprint density at radius 1 is 1.17 bits per heavy atom. The van der Waals surface area contributed by atoms with Crippen molar-refractivity contribution in [3.63, 3.8) is 0 Å². The first kappa shape index (κ1) is 30.9. The quantitative estimate of drug-likeness (QED) is 0.189. The largest absolute Gasteiger partial charge is 0.504 e. The van der Waals surface area contributed by atoms with Crippen LogP contribution in [0.25, 0.3) is 0 Å². The molecule has 7 nitrogen and oxygen atoms in total. The van der Waals surface area contributed by atoms with E-state index in [0.29, 0.717) is 29.4 Å². The van der Waals surface area contributed by atoms with Crippen LogP contribution >= 0.6 is 0 Å². The molecule has 0 aromatic heterocycles. The molecule has 2 aliphatic heterocycles. The van der Waals surface area contributed by atoms with E-state index in [1.165, 1.54) is 38.0 Å². The van der Waals surface area contributed by atoms with Crippen molar-refractivity contribution in [1.29, 1.82) is 0 Å². The highest BCUT2D eigenvalue weighted by atomic mass is 19.4. The lowest BCUT2D eigenvalue weighted by Gasteiger charge is -2.63. The van der Waals surface area contributed by atoms with E-state index in [9.17, 15) is 27.9 Å². The van der Waals surface area contributed by atoms with E-state index >= 15 is 0 Å². The number of esters is 1. The second-order valence-corrected chi connectivity index (χ2v) is 14.5. The summed E-state index contributed by atoms with van der Waals surface area (Å²) in [6, 6.07) is 5.80. The third kappa shape index (κ3) is 5.11. The number of carbonyl (C=O) groups excluding carboxylic acids is 2. The van der Waals surface area contributed by atoms with Crippen LogP contribution in [0.2, 0.25) is 0 Å². The van der Waals surface area contributed by atoms with E-state index in [-0.39, 0.29) is 17.7 Å². The van der Waals surface area contributed by atoms with Crippen molar-refractivity contribution in [3.8, 4) is 29.1 Å². The number of nitrogens with one attached hydrogen (secondary N) is 1. The number of ether oxygens (including phenoxy) is 2. The molecule has 1 unspecified atom stereocenters. The lowest BCUT2D eigenvalue weighted by Crippen LogP contribution is -2.75. The Kier molecular flexibility index (Phi) is 7.35. The Balaban J connectivity index is 1.24. The minimum absolute atomic E-state index is 0.0744. The van der Waals surface area contributed by atoms with Crippen LogP contribution in [0.4, 0.5) is 13.2 Å². The molecule has 2 N–H and O–H groups in total. The van der Waals surface area contributed by atoms with Crippen molar-refractivity contribution in [2.24, 2.45) is 17.8 Å². The summed E-state index contributed by atoms with van der Waals surface area (Å²) in [5.74, 6) is 6.49. The summed E-state index contributed by atoms with van der Waals surface area (Å²) in [6.45, 7) is 9.13. The summed E-state index contributed by atoms with van der Waals surface area (Å²) in [7, 11) is 0. The van der Waals surface area contributed by atoms with Crippen LogP contribution < -0.4 is 14.8 Å². The van der Waals surface area contributed by atoms with Crippen molar-refractivity contribution < 1.29 is 41.8 Å². The molecule has 7 rings (SSSR count). The molecule has 1 amide bonds. The van der Waals surface area contributed by atoms with Crippen molar-refractivity contribution in [2.75, 3.05) is 19.6 Å². The number of amides is 1. The van der Waals surface area contributed by atoms with Gasteiger partial charge < -0.3 is 24.4 Å². The van der Waals surface area contributed by atoms with Crippen LogP contribution in [0.1, 0.15) is 75.1 Å². The fourth-order valence-corrected chi connectivity index (χ4v) is 9.49. The molecule has 5 aliphatic rings. The van der Waals surface area contributed by atoms with Gasteiger partial charge in [-0.3, -0.25) is 9.59 Å². The molecule has 3 aliphatic carbocycles. The van der Waals surface area contributed by atoms with Crippen LogP contribution in [0.3, 0.4) is 0 Å². The number of phenolic OH excluding ortho intramolecular Hbond substituents is 1. The summed E-state index contributed by atoms with van der Waals surface area (Å²) in [4.78, 5) is 25.4. The number of hydrogen-bond donors (Lipinski definition) is 2. The summed E-state index contributed by atoms with van der Waals surface area (Å²) in [5.41, 5.74) is 0.920. The number of hydrogen-bond acceptors (Lipinski definition) is 5. The van der Waals surface area contributed by atoms with Gasteiger partial charge in [0.25, 0.3) is 5.91 Å². The number of aromatic hydroxyl groups is 1. The first-order valence-electron chi connectivity index (χ1n) is 16.4. The summed E-state index contributed by atoms with van der Waals surface area (Å²) in [5, 5.41) is 14.3. The number of piperidine rings is 1. The highest BCUT2D eigenvalue weighted by Gasteiger charge is 2.70. The number of likely N-dealkylation sites (tertiary alicyclic amines) is 1.